The lowest BCUT2D eigenvalue weighted by molar-refractivity contribution is -0.150. The van der Waals surface area contributed by atoms with Crippen LogP contribution in [0.15, 0.2) is 42.5 Å². The van der Waals surface area contributed by atoms with Gasteiger partial charge in [0.05, 0.1) is 19.1 Å². The van der Waals surface area contributed by atoms with E-state index in [1.165, 1.54) is 24.3 Å². The molecule has 2 saturated heterocycles. The molecule has 0 bridgehead atoms. The van der Waals surface area contributed by atoms with E-state index in [0.717, 1.165) is 18.7 Å². The van der Waals surface area contributed by atoms with E-state index in [-0.39, 0.29) is 42.9 Å². The molecule has 9 nitrogen and oxygen atoms in total. The number of aliphatic hydroxyl groups is 1. The first-order chi connectivity index (χ1) is 17.4. The Bertz CT molecular complexity index is 1110. The maximum absolute atomic E-state index is 13.1. The molecule has 3 aliphatic rings. The molecule has 0 spiro atoms. The van der Waals surface area contributed by atoms with Gasteiger partial charge in [-0.05, 0) is 55.9 Å². The fourth-order valence-electron chi connectivity index (χ4n) is 5.17. The van der Waals surface area contributed by atoms with Gasteiger partial charge in [0, 0.05) is 49.0 Å². The molecule has 0 aromatic heterocycles. The summed E-state index contributed by atoms with van der Waals surface area (Å²) in [7, 11) is 2.05. The summed E-state index contributed by atoms with van der Waals surface area (Å²) in [5.74, 6) is 0.297. The third kappa shape index (κ3) is 5.30. The highest BCUT2D eigenvalue weighted by atomic mass is 19.1. The highest BCUT2D eigenvalue weighted by Crippen LogP contribution is 2.47. The van der Waals surface area contributed by atoms with E-state index < -0.39 is 12.1 Å². The van der Waals surface area contributed by atoms with Gasteiger partial charge in [-0.25, -0.2) is 9.18 Å². The van der Waals surface area contributed by atoms with Crippen LogP contribution in [0.25, 0.3) is 0 Å². The number of piperazine rings is 1. The van der Waals surface area contributed by atoms with Crippen molar-refractivity contribution < 1.29 is 28.6 Å². The number of benzene rings is 2. The number of fused-ring (bicyclic) bond motifs is 3. The average Bonchev–Trinajstić information content (AvgIpc) is 3.23. The van der Waals surface area contributed by atoms with Crippen molar-refractivity contribution >= 4 is 23.3 Å². The van der Waals surface area contributed by atoms with Crippen LogP contribution in [0.2, 0.25) is 0 Å². The summed E-state index contributed by atoms with van der Waals surface area (Å²) in [6.45, 7) is 2.91. The maximum Gasteiger partial charge on any atom is 0.323 e. The van der Waals surface area contributed by atoms with E-state index >= 15 is 0 Å². The van der Waals surface area contributed by atoms with Gasteiger partial charge in [0.2, 0.25) is 5.91 Å². The number of ether oxygens (including phenoxy) is 2. The van der Waals surface area contributed by atoms with Crippen molar-refractivity contribution in [1.82, 2.24) is 9.80 Å². The smallest absolute Gasteiger partial charge is 0.323 e. The van der Waals surface area contributed by atoms with Crippen molar-refractivity contribution in [3.8, 4) is 5.75 Å². The van der Waals surface area contributed by atoms with Crippen LogP contribution in [0.4, 0.5) is 20.6 Å². The Morgan fingerprint density at radius 2 is 1.75 bits per heavy atom. The molecule has 2 aromatic carbocycles. The van der Waals surface area contributed by atoms with Crippen LogP contribution in [0, 0.1) is 5.82 Å². The van der Waals surface area contributed by atoms with E-state index in [4.69, 9.17) is 9.47 Å². The van der Waals surface area contributed by atoms with Gasteiger partial charge >= 0.3 is 6.03 Å². The molecule has 2 aromatic rings. The van der Waals surface area contributed by atoms with Gasteiger partial charge in [0.15, 0.2) is 0 Å². The molecule has 5 rings (SSSR count). The first-order valence-electron chi connectivity index (χ1n) is 12.3. The highest BCUT2D eigenvalue weighted by molar-refractivity contribution is 5.99. The number of carbonyl (C=O) groups excluding carboxylic acids is 2. The number of nitrogens with zero attached hydrogens (tertiary/aromatic N) is 2. The van der Waals surface area contributed by atoms with Crippen LogP contribution < -0.4 is 15.4 Å². The zero-order valence-corrected chi connectivity index (χ0v) is 20.2. The first-order valence-corrected chi connectivity index (χ1v) is 12.3. The normalized spacial score (nSPS) is 25.5. The van der Waals surface area contributed by atoms with Crippen molar-refractivity contribution in [1.29, 1.82) is 0 Å². The summed E-state index contributed by atoms with van der Waals surface area (Å²) in [4.78, 5) is 29.4. The van der Waals surface area contributed by atoms with E-state index in [0.29, 0.717) is 36.6 Å². The largest absolute Gasteiger partial charge is 0.487 e. The van der Waals surface area contributed by atoms with Crippen LogP contribution in [0.1, 0.15) is 24.3 Å². The molecule has 3 heterocycles. The van der Waals surface area contributed by atoms with E-state index in [1.54, 1.807) is 12.1 Å². The molecule has 0 unspecified atom stereocenters. The minimum atomic E-state index is -0.542. The number of hydrogen-bond donors (Lipinski definition) is 3. The number of amides is 3. The third-order valence-electron chi connectivity index (χ3n) is 7.12. The Labute approximate surface area is 209 Å². The highest BCUT2D eigenvalue weighted by Gasteiger charge is 2.46. The van der Waals surface area contributed by atoms with Crippen LogP contribution in [-0.2, 0) is 9.53 Å². The van der Waals surface area contributed by atoms with E-state index in [1.807, 2.05) is 18.0 Å². The number of nitrogens with one attached hydrogen (secondary N) is 2. The number of carbonyl (C=O) groups is 2. The predicted octanol–water partition coefficient (Wildman–Crippen LogP) is 2.63. The number of anilines is 2. The number of rotatable bonds is 5. The van der Waals surface area contributed by atoms with E-state index in [9.17, 15) is 19.1 Å². The summed E-state index contributed by atoms with van der Waals surface area (Å²) in [5, 5.41) is 15.5. The molecule has 10 heteroatoms. The standard InChI is InChI=1S/C26H31FN4O5/c1-30-8-10-31(11-9-30)24(33)14-19-13-21-20-12-18(6-7-22(20)36-25(21)23(15-32)35-19)29-26(34)28-17-4-2-16(27)3-5-17/h2-7,12,19,21,23,25,32H,8-11,13-15H2,1H3,(H2,28,29,34)/t19-,21-,23+,25+/m1/s1. The Hall–Kier alpha value is -3.21. The molecule has 2 fully saturated rings. The molecule has 0 aliphatic carbocycles. The summed E-state index contributed by atoms with van der Waals surface area (Å²) in [5.41, 5.74) is 1.97. The summed E-state index contributed by atoms with van der Waals surface area (Å²) in [6.07, 6.45) is -0.387. The number of hydrogen-bond acceptors (Lipinski definition) is 6. The molecule has 3 amide bonds. The van der Waals surface area contributed by atoms with E-state index in [2.05, 4.69) is 15.5 Å². The molecule has 3 aliphatic heterocycles. The number of likely N-dealkylation sites (N-methyl/N-ethyl adjacent to an activating group) is 1. The van der Waals surface area contributed by atoms with Gasteiger partial charge in [-0.15, -0.1) is 0 Å². The number of aliphatic hydroxyl groups excluding tert-OH is 1. The van der Waals surface area contributed by atoms with Crippen molar-refractivity contribution in [2.24, 2.45) is 0 Å². The zero-order valence-electron chi connectivity index (χ0n) is 20.2. The lowest BCUT2D eigenvalue weighted by Crippen LogP contribution is -2.50. The second-order valence-corrected chi connectivity index (χ2v) is 9.63. The third-order valence-corrected chi connectivity index (χ3v) is 7.12. The van der Waals surface area contributed by atoms with Gasteiger partial charge in [0.1, 0.15) is 23.8 Å². The van der Waals surface area contributed by atoms with Crippen LogP contribution in [0.3, 0.4) is 0 Å². The van der Waals surface area contributed by atoms with Crippen molar-refractivity contribution in [3.63, 3.8) is 0 Å². The minimum absolute atomic E-state index is 0.0651. The lowest BCUT2D eigenvalue weighted by atomic mass is 9.84. The fraction of sp³-hybridized carbons (Fsp3) is 0.462. The lowest BCUT2D eigenvalue weighted by Gasteiger charge is -2.38. The second-order valence-electron chi connectivity index (χ2n) is 9.63. The zero-order chi connectivity index (χ0) is 25.2. The molecule has 3 N–H and O–H groups in total. The van der Waals surface area contributed by atoms with Crippen LogP contribution in [-0.4, -0.2) is 85.0 Å². The van der Waals surface area contributed by atoms with Crippen molar-refractivity contribution in [2.75, 3.05) is 50.5 Å². The second kappa shape index (κ2) is 10.4. The van der Waals surface area contributed by atoms with Gasteiger partial charge < -0.3 is 35.0 Å². The summed E-state index contributed by atoms with van der Waals surface area (Å²) < 4.78 is 25.3. The maximum atomic E-state index is 13.1. The van der Waals surface area contributed by atoms with Crippen molar-refractivity contribution in [3.05, 3.63) is 53.8 Å². The number of urea groups is 1. The molecule has 0 radical (unpaired) electrons. The Kier molecular flexibility index (Phi) is 7.08. The topological polar surface area (TPSA) is 103 Å². The fourth-order valence-corrected chi connectivity index (χ4v) is 5.17. The summed E-state index contributed by atoms with van der Waals surface area (Å²) in [6, 6.07) is 10.5. The quantitative estimate of drug-likeness (QED) is 0.586. The molecule has 192 valence electrons. The first kappa shape index (κ1) is 24.5. The Balaban J connectivity index is 1.26. The van der Waals surface area contributed by atoms with Crippen LogP contribution >= 0.6 is 0 Å². The van der Waals surface area contributed by atoms with Gasteiger partial charge in [-0.1, -0.05) is 0 Å². The number of halogens is 1. The molecular formula is C26H31FN4O5. The van der Waals surface area contributed by atoms with Gasteiger partial charge in [-0.2, -0.15) is 0 Å². The molecular weight excluding hydrogens is 467 g/mol. The van der Waals surface area contributed by atoms with Crippen LogP contribution in [0.5, 0.6) is 5.75 Å². The van der Waals surface area contributed by atoms with Crippen molar-refractivity contribution in [2.45, 2.75) is 37.1 Å². The Morgan fingerprint density at radius 3 is 2.47 bits per heavy atom. The SMILES string of the molecule is CN1CCN(C(=O)C[C@H]2C[C@@H]3c4cc(NC(=O)Nc5ccc(F)cc5)ccc4O[C@@H]3[C@H](CO)O2)CC1. The molecule has 0 saturated carbocycles. The molecule has 36 heavy (non-hydrogen) atoms. The Morgan fingerprint density at radius 1 is 1.06 bits per heavy atom. The van der Waals surface area contributed by atoms with Gasteiger partial charge in [0.25, 0.3) is 0 Å². The predicted molar refractivity (Wildman–Crippen MR) is 132 cm³/mol. The molecule has 4 atom stereocenters. The summed E-state index contributed by atoms with van der Waals surface area (Å²) >= 11 is 0. The van der Waals surface area contributed by atoms with Gasteiger partial charge in [-0.3, -0.25) is 4.79 Å². The average molecular weight is 499 g/mol. The monoisotopic (exact) mass is 498 g/mol. The minimum Gasteiger partial charge on any atom is -0.487 e.